The standard InChI is InChI=1S/C19H22N4O2/c1-14-3-8-17(21-20-14)22-10-9-19(12-22)11-18(24)23(13-19)15-4-6-16(25-2)7-5-15/h3-8H,9-13H2,1-2H3. The number of anilines is 2. The Bertz CT molecular complexity index is 775. The molecule has 0 N–H and O–H groups in total. The van der Waals surface area contributed by atoms with Crippen LogP contribution in [0.25, 0.3) is 0 Å². The second-order valence-electron chi connectivity index (χ2n) is 7.06. The Morgan fingerprint density at radius 2 is 1.88 bits per heavy atom. The highest BCUT2D eigenvalue weighted by molar-refractivity contribution is 5.96. The minimum atomic E-state index is 0.00355. The van der Waals surface area contributed by atoms with E-state index in [0.717, 1.165) is 49.0 Å². The van der Waals surface area contributed by atoms with Gasteiger partial charge in [0.2, 0.25) is 5.91 Å². The number of rotatable bonds is 3. The molecule has 6 heteroatoms. The average Bonchev–Trinajstić information content (AvgIpc) is 3.19. The van der Waals surface area contributed by atoms with Crippen molar-refractivity contribution in [2.75, 3.05) is 36.5 Å². The maximum atomic E-state index is 12.6. The van der Waals surface area contributed by atoms with E-state index in [1.165, 1.54) is 0 Å². The van der Waals surface area contributed by atoms with E-state index >= 15 is 0 Å². The predicted molar refractivity (Wildman–Crippen MR) is 96.0 cm³/mol. The molecule has 1 unspecified atom stereocenters. The second-order valence-corrected chi connectivity index (χ2v) is 7.06. The molecule has 0 radical (unpaired) electrons. The molecule has 6 nitrogen and oxygen atoms in total. The molecule has 2 fully saturated rings. The quantitative estimate of drug-likeness (QED) is 0.860. The monoisotopic (exact) mass is 338 g/mol. The number of carbonyl (C=O) groups excluding carboxylic acids is 1. The van der Waals surface area contributed by atoms with Gasteiger partial charge in [0.1, 0.15) is 5.75 Å². The number of nitrogens with zero attached hydrogens (tertiary/aromatic N) is 4. The molecule has 2 aromatic rings. The highest BCUT2D eigenvalue weighted by Gasteiger charge is 2.48. The van der Waals surface area contributed by atoms with Gasteiger partial charge in [0, 0.05) is 37.2 Å². The van der Waals surface area contributed by atoms with Crippen LogP contribution in [-0.4, -0.2) is 42.8 Å². The summed E-state index contributed by atoms with van der Waals surface area (Å²) < 4.78 is 5.20. The summed E-state index contributed by atoms with van der Waals surface area (Å²) in [5.41, 5.74) is 1.86. The van der Waals surface area contributed by atoms with Crippen LogP contribution in [0.5, 0.6) is 5.75 Å². The van der Waals surface area contributed by atoms with Gasteiger partial charge in [-0.25, -0.2) is 0 Å². The number of benzene rings is 1. The van der Waals surface area contributed by atoms with E-state index in [4.69, 9.17) is 4.74 Å². The zero-order valence-electron chi connectivity index (χ0n) is 14.6. The van der Waals surface area contributed by atoms with Gasteiger partial charge < -0.3 is 14.5 Å². The third-order valence-electron chi connectivity index (χ3n) is 5.25. The van der Waals surface area contributed by atoms with E-state index in [0.29, 0.717) is 6.42 Å². The van der Waals surface area contributed by atoms with Gasteiger partial charge in [0.15, 0.2) is 5.82 Å². The molecular formula is C19H22N4O2. The number of aromatic nitrogens is 2. The summed E-state index contributed by atoms with van der Waals surface area (Å²) in [6.07, 6.45) is 1.59. The minimum absolute atomic E-state index is 0.00355. The van der Waals surface area contributed by atoms with Gasteiger partial charge in [-0.2, -0.15) is 5.10 Å². The van der Waals surface area contributed by atoms with Gasteiger partial charge in [0.25, 0.3) is 0 Å². The second kappa shape index (κ2) is 6.02. The molecule has 3 heterocycles. The van der Waals surface area contributed by atoms with Crippen LogP contribution in [0, 0.1) is 12.3 Å². The minimum Gasteiger partial charge on any atom is -0.497 e. The zero-order chi connectivity index (χ0) is 17.4. The molecule has 4 rings (SSSR count). The Balaban J connectivity index is 1.50. The summed E-state index contributed by atoms with van der Waals surface area (Å²) in [5.74, 6) is 1.90. The molecule has 2 aliphatic heterocycles. The lowest BCUT2D eigenvalue weighted by Crippen LogP contribution is -2.31. The summed E-state index contributed by atoms with van der Waals surface area (Å²) in [6.45, 7) is 4.46. The molecule has 25 heavy (non-hydrogen) atoms. The number of aryl methyl sites for hydroxylation is 1. The van der Waals surface area contributed by atoms with Gasteiger partial charge >= 0.3 is 0 Å². The first-order valence-electron chi connectivity index (χ1n) is 8.58. The Hall–Kier alpha value is -2.63. The van der Waals surface area contributed by atoms with E-state index < -0.39 is 0 Å². The first kappa shape index (κ1) is 15.9. The van der Waals surface area contributed by atoms with Crippen molar-refractivity contribution in [2.24, 2.45) is 5.41 Å². The van der Waals surface area contributed by atoms with E-state index in [9.17, 15) is 4.79 Å². The summed E-state index contributed by atoms with van der Waals surface area (Å²) in [6, 6.07) is 11.7. The molecule has 0 aliphatic carbocycles. The number of ether oxygens (including phenoxy) is 1. The molecule has 2 aliphatic rings. The molecule has 1 aromatic carbocycles. The van der Waals surface area contributed by atoms with Crippen LogP contribution >= 0.6 is 0 Å². The van der Waals surface area contributed by atoms with Crippen LogP contribution < -0.4 is 14.5 Å². The summed E-state index contributed by atoms with van der Waals surface area (Å²) in [7, 11) is 1.64. The van der Waals surface area contributed by atoms with Crippen LogP contribution in [0.15, 0.2) is 36.4 Å². The van der Waals surface area contributed by atoms with Crippen molar-refractivity contribution < 1.29 is 9.53 Å². The number of hydrogen-bond donors (Lipinski definition) is 0. The van der Waals surface area contributed by atoms with Crippen molar-refractivity contribution in [3.8, 4) is 5.75 Å². The normalized spacial score (nSPS) is 22.9. The third kappa shape index (κ3) is 2.92. The first-order chi connectivity index (χ1) is 12.1. The fraction of sp³-hybridized carbons (Fsp3) is 0.421. The summed E-state index contributed by atoms with van der Waals surface area (Å²) in [4.78, 5) is 16.8. The SMILES string of the molecule is COc1ccc(N2CC3(CCN(c4ccc(C)nn4)C3)CC2=O)cc1. The predicted octanol–water partition coefficient (Wildman–Crippen LogP) is 2.43. The molecule has 1 amide bonds. The van der Waals surface area contributed by atoms with Gasteiger partial charge in [-0.3, -0.25) is 4.79 Å². The largest absolute Gasteiger partial charge is 0.497 e. The number of carbonyl (C=O) groups is 1. The molecular weight excluding hydrogens is 316 g/mol. The average molecular weight is 338 g/mol. The Morgan fingerprint density at radius 3 is 2.56 bits per heavy atom. The highest BCUT2D eigenvalue weighted by atomic mass is 16.5. The number of hydrogen-bond acceptors (Lipinski definition) is 5. The van der Waals surface area contributed by atoms with Crippen molar-refractivity contribution in [1.82, 2.24) is 10.2 Å². The van der Waals surface area contributed by atoms with Crippen LogP contribution in [0.1, 0.15) is 18.5 Å². The number of amides is 1. The molecule has 130 valence electrons. The lowest BCUT2D eigenvalue weighted by atomic mass is 9.86. The maximum absolute atomic E-state index is 12.6. The van der Waals surface area contributed by atoms with E-state index in [1.807, 2.05) is 48.2 Å². The molecule has 1 aromatic heterocycles. The molecule has 0 saturated carbocycles. The van der Waals surface area contributed by atoms with Crippen molar-refractivity contribution >= 4 is 17.4 Å². The zero-order valence-corrected chi connectivity index (χ0v) is 14.6. The van der Waals surface area contributed by atoms with Gasteiger partial charge in [-0.1, -0.05) is 0 Å². The van der Waals surface area contributed by atoms with Gasteiger partial charge in [-0.15, -0.1) is 5.10 Å². The first-order valence-corrected chi connectivity index (χ1v) is 8.58. The summed E-state index contributed by atoms with van der Waals surface area (Å²) >= 11 is 0. The Morgan fingerprint density at radius 1 is 1.08 bits per heavy atom. The molecule has 1 spiro atoms. The Labute approximate surface area is 147 Å². The fourth-order valence-electron chi connectivity index (χ4n) is 3.86. The van der Waals surface area contributed by atoms with Crippen LogP contribution in [0.2, 0.25) is 0 Å². The third-order valence-corrected chi connectivity index (χ3v) is 5.25. The molecule has 2 saturated heterocycles. The van der Waals surface area contributed by atoms with E-state index in [2.05, 4.69) is 15.1 Å². The van der Waals surface area contributed by atoms with Crippen molar-refractivity contribution in [3.63, 3.8) is 0 Å². The number of methoxy groups -OCH3 is 1. The van der Waals surface area contributed by atoms with Crippen molar-refractivity contribution in [1.29, 1.82) is 0 Å². The van der Waals surface area contributed by atoms with E-state index in [-0.39, 0.29) is 11.3 Å². The molecule has 1 atom stereocenters. The topological polar surface area (TPSA) is 58.6 Å². The van der Waals surface area contributed by atoms with Crippen LogP contribution in [-0.2, 0) is 4.79 Å². The van der Waals surface area contributed by atoms with E-state index in [1.54, 1.807) is 7.11 Å². The van der Waals surface area contributed by atoms with Gasteiger partial charge in [-0.05, 0) is 49.7 Å². The van der Waals surface area contributed by atoms with Crippen LogP contribution in [0.4, 0.5) is 11.5 Å². The molecule has 0 bridgehead atoms. The lowest BCUT2D eigenvalue weighted by molar-refractivity contribution is -0.117. The Kier molecular flexibility index (Phi) is 3.82. The highest BCUT2D eigenvalue weighted by Crippen LogP contribution is 2.42. The smallest absolute Gasteiger partial charge is 0.227 e. The van der Waals surface area contributed by atoms with Crippen molar-refractivity contribution in [2.45, 2.75) is 19.8 Å². The van der Waals surface area contributed by atoms with Crippen molar-refractivity contribution in [3.05, 3.63) is 42.1 Å². The van der Waals surface area contributed by atoms with Crippen LogP contribution in [0.3, 0.4) is 0 Å². The maximum Gasteiger partial charge on any atom is 0.227 e. The fourth-order valence-corrected chi connectivity index (χ4v) is 3.86. The lowest BCUT2D eigenvalue weighted by Gasteiger charge is -2.24. The van der Waals surface area contributed by atoms with Gasteiger partial charge in [0.05, 0.1) is 12.8 Å². The summed E-state index contributed by atoms with van der Waals surface area (Å²) in [5, 5.41) is 8.45.